The molecule has 0 bridgehead atoms. The Morgan fingerprint density at radius 3 is 3.00 bits per heavy atom. The number of rotatable bonds is 4. The normalized spacial score (nSPS) is 18.0. The fourth-order valence-corrected chi connectivity index (χ4v) is 2.34. The number of aromatic nitrogens is 4. The van der Waals surface area contributed by atoms with Gasteiger partial charge in [0.1, 0.15) is 0 Å². The Morgan fingerprint density at radius 2 is 2.29 bits per heavy atom. The number of nitrogen functional groups attached to an aromatic ring is 1. The van der Waals surface area contributed by atoms with Crippen LogP contribution in [0.1, 0.15) is 20.3 Å². The zero-order chi connectivity index (χ0) is 14.8. The molecule has 6 heteroatoms. The standard InChI is InChI=1S/C15H19N5O/c1-3-21-15-18-13(16)12-14(19-15)20(9-17-12)8-11-6-4-10(2)5-7-11/h4,6-7,9-10H,3,5,8H2,1-2H3,(H2,16,18,19). The van der Waals surface area contributed by atoms with Crippen molar-refractivity contribution in [3.63, 3.8) is 0 Å². The Balaban J connectivity index is 1.94. The number of nitrogens with zero attached hydrogens (tertiary/aromatic N) is 4. The van der Waals surface area contributed by atoms with Gasteiger partial charge in [0.25, 0.3) is 0 Å². The van der Waals surface area contributed by atoms with Crippen molar-refractivity contribution < 1.29 is 4.74 Å². The van der Waals surface area contributed by atoms with E-state index in [1.807, 2.05) is 11.5 Å². The Kier molecular flexibility index (Phi) is 3.60. The first-order valence-electron chi connectivity index (χ1n) is 7.15. The molecule has 0 amide bonds. The van der Waals surface area contributed by atoms with E-state index in [1.165, 1.54) is 5.57 Å². The SMILES string of the molecule is CCOc1nc(N)c2ncn(CC3=CCC(C)C=C3)c2n1. The molecule has 6 nitrogen and oxygen atoms in total. The van der Waals surface area contributed by atoms with Gasteiger partial charge in [-0.15, -0.1) is 0 Å². The molecule has 1 aliphatic carbocycles. The molecule has 3 rings (SSSR count). The third-order valence-corrected chi connectivity index (χ3v) is 3.49. The van der Waals surface area contributed by atoms with E-state index in [1.54, 1.807) is 6.33 Å². The first-order valence-corrected chi connectivity index (χ1v) is 7.15. The van der Waals surface area contributed by atoms with Crippen LogP contribution in [0.25, 0.3) is 11.2 Å². The van der Waals surface area contributed by atoms with Crippen molar-refractivity contribution in [2.75, 3.05) is 12.3 Å². The number of hydrogen-bond acceptors (Lipinski definition) is 5. The predicted octanol–water partition coefficient (Wildman–Crippen LogP) is 2.33. The number of allylic oxidation sites excluding steroid dienone is 4. The summed E-state index contributed by atoms with van der Waals surface area (Å²) in [5.74, 6) is 0.958. The van der Waals surface area contributed by atoms with Crippen molar-refractivity contribution in [2.24, 2.45) is 5.92 Å². The fraction of sp³-hybridized carbons (Fsp3) is 0.400. The Bertz CT molecular complexity index is 716. The van der Waals surface area contributed by atoms with Gasteiger partial charge in [0, 0.05) is 0 Å². The van der Waals surface area contributed by atoms with E-state index in [-0.39, 0.29) is 0 Å². The zero-order valence-corrected chi connectivity index (χ0v) is 12.3. The summed E-state index contributed by atoms with van der Waals surface area (Å²) in [5.41, 5.74) is 8.49. The number of ether oxygens (including phenoxy) is 1. The van der Waals surface area contributed by atoms with Gasteiger partial charge in [0.2, 0.25) is 0 Å². The van der Waals surface area contributed by atoms with Gasteiger partial charge in [-0.1, -0.05) is 25.2 Å². The van der Waals surface area contributed by atoms with Crippen molar-refractivity contribution >= 4 is 17.0 Å². The van der Waals surface area contributed by atoms with E-state index in [0.29, 0.717) is 35.5 Å². The second-order valence-corrected chi connectivity index (χ2v) is 5.22. The highest BCUT2D eigenvalue weighted by atomic mass is 16.5. The van der Waals surface area contributed by atoms with Gasteiger partial charge >= 0.3 is 6.01 Å². The van der Waals surface area contributed by atoms with Crippen LogP contribution in [0, 0.1) is 5.92 Å². The molecule has 0 aliphatic heterocycles. The summed E-state index contributed by atoms with van der Waals surface area (Å²) in [5, 5.41) is 0. The molecule has 21 heavy (non-hydrogen) atoms. The first-order chi connectivity index (χ1) is 10.2. The van der Waals surface area contributed by atoms with E-state index in [9.17, 15) is 0 Å². The van der Waals surface area contributed by atoms with Crippen LogP contribution in [-0.2, 0) is 6.54 Å². The molecule has 1 aliphatic rings. The molecule has 2 aromatic heterocycles. The topological polar surface area (TPSA) is 78.9 Å². The predicted molar refractivity (Wildman–Crippen MR) is 81.9 cm³/mol. The summed E-state index contributed by atoms with van der Waals surface area (Å²) in [6, 6.07) is 0.297. The summed E-state index contributed by atoms with van der Waals surface area (Å²) in [4.78, 5) is 12.8. The fourth-order valence-electron chi connectivity index (χ4n) is 2.34. The molecule has 0 aromatic carbocycles. The van der Waals surface area contributed by atoms with Gasteiger partial charge in [-0.05, 0) is 24.8 Å². The summed E-state index contributed by atoms with van der Waals surface area (Å²) >= 11 is 0. The lowest BCUT2D eigenvalue weighted by atomic mass is 9.98. The summed E-state index contributed by atoms with van der Waals surface area (Å²) in [6.07, 6.45) is 9.46. The van der Waals surface area contributed by atoms with Crippen LogP contribution < -0.4 is 10.5 Å². The average molecular weight is 285 g/mol. The quantitative estimate of drug-likeness (QED) is 0.932. The molecule has 2 aromatic rings. The Morgan fingerprint density at radius 1 is 1.43 bits per heavy atom. The van der Waals surface area contributed by atoms with Gasteiger partial charge in [-0.25, -0.2) is 4.98 Å². The Labute approximate surface area is 123 Å². The molecule has 2 N–H and O–H groups in total. The van der Waals surface area contributed by atoms with Crippen LogP contribution in [0.4, 0.5) is 5.82 Å². The maximum absolute atomic E-state index is 5.92. The molecule has 110 valence electrons. The molecule has 0 fully saturated rings. The van der Waals surface area contributed by atoms with Crippen LogP contribution in [0.15, 0.2) is 30.1 Å². The molecule has 2 heterocycles. The van der Waals surface area contributed by atoms with Crippen molar-refractivity contribution in [2.45, 2.75) is 26.8 Å². The molecule has 0 spiro atoms. The highest BCUT2D eigenvalue weighted by molar-refractivity contribution is 5.82. The van der Waals surface area contributed by atoms with Crippen molar-refractivity contribution in [1.82, 2.24) is 19.5 Å². The third kappa shape index (κ3) is 2.74. The highest BCUT2D eigenvalue weighted by Crippen LogP contribution is 2.22. The number of anilines is 1. The van der Waals surface area contributed by atoms with Crippen molar-refractivity contribution in [1.29, 1.82) is 0 Å². The molecular weight excluding hydrogens is 266 g/mol. The largest absolute Gasteiger partial charge is 0.464 e. The second-order valence-electron chi connectivity index (χ2n) is 5.22. The third-order valence-electron chi connectivity index (χ3n) is 3.49. The van der Waals surface area contributed by atoms with Crippen LogP contribution in [0.3, 0.4) is 0 Å². The van der Waals surface area contributed by atoms with E-state index in [0.717, 1.165) is 13.0 Å². The second kappa shape index (κ2) is 5.55. The van der Waals surface area contributed by atoms with Gasteiger partial charge < -0.3 is 15.0 Å². The highest BCUT2D eigenvalue weighted by Gasteiger charge is 2.13. The van der Waals surface area contributed by atoms with Crippen LogP contribution >= 0.6 is 0 Å². The summed E-state index contributed by atoms with van der Waals surface area (Å²) in [6.45, 7) is 5.32. The van der Waals surface area contributed by atoms with Crippen molar-refractivity contribution in [3.05, 3.63) is 30.1 Å². The van der Waals surface area contributed by atoms with Crippen LogP contribution in [-0.4, -0.2) is 26.1 Å². The monoisotopic (exact) mass is 285 g/mol. The molecular formula is C15H19N5O. The summed E-state index contributed by atoms with van der Waals surface area (Å²) in [7, 11) is 0. The van der Waals surface area contributed by atoms with E-state index in [4.69, 9.17) is 10.5 Å². The number of hydrogen-bond donors (Lipinski definition) is 1. The minimum absolute atomic E-state index is 0.297. The lowest BCUT2D eigenvalue weighted by molar-refractivity contribution is 0.314. The maximum Gasteiger partial charge on any atom is 0.320 e. The minimum Gasteiger partial charge on any atom is -0.464 e. The zero-order valence-electron chi connectivity index (χ0n) is 12.3. The number of nitrogens with two attached hydrogens (primary N) is 1. The molecule has 0 radical (unpaired) electrons. The Hall–Kier alpha value is -2.37. The molecule has 1 unspecified atom stereocenters. The average Bonchev–Trinajstić information content (AvgIpc) is 2.86. The van der Waals surface area contributed by atoms with E-state index < -0.39 is 0 Å². The molecule has 1 atom stereocenters. The molecule has 0 saturated carbocycles. The van der Waals surface area contributed by atoms with E-state index >= 15 is 0 Å². The van der Waals surface area contributed by atoms with Crippen LogP contribution in [0.5, 0.6) is 6.01 Å². The first kappa shape index (κ1) is 13.6. The lowest BCUT2D eigenvalue weighted by Crippen LogP contribution is -2.06. The number of imidazole rings is 1. The summed E-state index contributed by atoms with van der Waals surface area (Å²) < 4.78 is 7.33. The lowest BCUT2D eigenvalue weighted by Gasteiger charge is -2.12. The minimum atomic E-state index is 0.297. The maximum atomic E-state index is 5.92. The van der Waals surface area contributed by atoms with Crippen molar-refractivity contribution in [3.8, 4) is 6.01 Å². The van der Waals surface area contributed by atoms with Gasteiger partial charge in [0.05, 0.1) is 19.5 Å². The van der Waals surface area contributed by atoms with Gasteiger partial charge in [0.15, 0.2) is 17.0 Å². The molecule has 0 saturated heterocycles. The number of fused-ring (bicyclic) bond motifs is 1. The van der Waals surface area contributed by atoms with Crippen LogP contribution in [0.2, 0.25) is 0 Å². The van der Waals surface area contributed by atoms with Gasteiger partial charge in [-0.2, -0.15) is 9.97 Å². The smallest absolute Gasteiger partial charge is 0.320 e. The van der Waals surface area contributed by atoms with Gasteiger partial charge in [-0.3, -0.25) is 0 Å². The van der Waals surface area contributed by atoms with E-state index in [2.05, 4.69) is 40.1 Å².